The van der Waals surface area contributed by atoms with Crippen LogP contribution in [0.5, 0.6) is 0 Å². The van der Waals surface area contributed by atoms with Gasteiger partial charge in [0.25, 0.3) is 0 Å². The molecule has 0 N–H and O–H groups in total. The van der Waals surface area contributed by atoms with Gasteiger partial charge in [-0.1, -0.05) is 6.07 Å². The minimum atomic E-state index is -4.34. The molecule has 0 nitrogen and oxygen atoms in total. The Kier molecular flexibility index (Phi) is 3.67. The summed E-state index contributed by atoms with van der Waals surface area (Å²) < 4.78 is 37.0. The summed E-state index contributed by atoms with van der Waals surface area (Å²) >= 11 is 10.9. The van der Waals surface area contributed by atoms with Crippen LogP contribution in [0.3, 0.4) is 0 Å². The first-order valence-electron chi connectivity index (χ1n) is 3.79. The van der Waals surface area contributed by atoms with Crippen molar-refractivity contribution in [3.8, 4) is 0 Å². The third-order valence-electron chi connectivity index (χ3n) is 1.69. The summed E-state index contributed by atoms with van der Waals surface area (Å²) in [5.74, 6) is 0.0988. The van der Waals surface area contributed by atoms with Gasteiger partial charge in [0.05, 0.1) is 5.56 Å². The van der Waals surface area contributed by atoms with E-state index in [2.05, 4.69) is 0 Å². The molecule has 0 unspecified atom stereocenters. The molecule has 0 heterocycles. The molecule has 0 amide bonds. The Balaban J connectivity index is 3.17. The Morgan fingerprint density at radius 1 is 0.929 bits per heavy atom. The Labute approximate surface area is 89.6 Å². The lowest BCUT2D eigenvalue weighted by Gasteiger charge is -2.09. The lowest BCUT2D eigenvalue weighted by Crippen LogP contribution is -2.06. The molecule has 0 aliphatic rings. The SMILES string of the molecule is FC(F)(F)c1cc(CCl)cc(CCl)c1. The van der Waals surface area contributed by atoms with Crippen LogP contribution < -0.4 is 0 Å². The van der Waals surface area contributed by atoms with E-state index < -0.39 is 11.7 Å². The minimum absolute atomic E-state index is 0.0494. The molecular formula is C9H7Cl2F3. The smallest absolute Gasteiger partial charge is 0.166 e. The molecule has 0 saturated heterocycles. The van der Waals surface area contributed by atoms with E-state index in [1.54, 1.807) is 6.07 Å². The molecule has 1 aromatic rings. The molecule has 5 heteroatoms. The predicted octanol–water partition coefficient (Wildman–Crippen LogP) is 4.18. The van der Waals surface area contributed by atoms with E-state index in [4.69, 9.17) is 23.2 Å². The molecule has 1 aromatic carbocycles. The molecule has 0 fully saturated rings. The zero-order valence-corrected chi connectivity index (χ0v) is 8.55. The van der Waals surface area contributed by atoms with Gasteiger partial charge in [-0.2, -0.15) is 13.2 Å². The fraction of sp³-hybridized carbons (Fsp3) is 0.333. The molecule has 78 valence electrons. The van der Waals surface area contributed by atoms with Crippen LogP contribution in [-0.2, 0) is 17.9 Å². The first kappa shape index (κ1) is 11.7. The lowest BCUT2D eigenvalue weighted by atomic mass is 10.1. The topological polar surface area (TPSA) is 0 Å². The number of hydrogen-bond donors (Lipinski definition) is 0. The van der Waals surface area contributed by atoms with Crippen molar-refractivity contribution in [1.82, 2.24) is 0 Å². The van der Waals surface area contributed by atoms with Gasteiger partial charge in [0.1, 0.15) is 0 Å². The largest absolute Gasteiger partial charge is 0.416 e. The van der Waals surface area contributed by atoms with Gasteiger partial charge in [-0.15, -0.1) is 23.2 Å². The van der Waals surface area contributed by atoms with E-state index in [-0.39, 0.29) is 11.8 Å². The Morgan fingerprint density at radius 2 is 1.36 bits per heavy atom. The Morgan fingerprint density at radius 3 is 1.64 bits per heavy atom. The maximum absolute atomic E-state index is 12.3. The molecule has 14 heavy (non-hydrogen) atoms. The van der Waals surface area contributed by atoms with Crippen LogP contribution in [0.15, 0.2) is 18.2 Å². The summed E-state index contributed by atoms with van der Waals surface area (Å²) in [7, 11) is 0. The molecule has 0 aliphatic carbocycles. The number of hydrogen-bond acceptors (Lipinski definition) is 0. The minimum Gasteiger partial charge on any atom is -0.166 e. The molecular weight excluding hydrogens is 236 g/mol. The van der Waals surface area contributed by atoms with Crippen LogP contribution >= 0.6 is 23.2 Å². The number of rotatable bonds is 2. The highest BCUT2D eigenvalue weighted by Crippen LogP contribution is 2.31. The van der Waals surface area contributed by atoms with Gasteiger partial charge >= 0.3 is 6.18 Å². The van der Waals surface area contributed by atoms with E-state index >= 15 is 0 Å². The van der Waals surface area contributed by atoms with E-state index in [9.17, 15) is 13.2 Å². The predicted molar refractivity (Wildman–Crippen MR) is 50.6 cm³/mol. The first-order chi connectivity index (χ1) is 6.47. The maximum atomic E-state index is 12.3. The van der Waals surface area contributed by atoms with Crippen LogP contribution in [0.25, 0.3) is 0 Å². The maximum Gasteiger partial charge on any atom is 0.416 e. The van der Waals surface area contributed by atoms with E-state index in [1.807, 2.05) is 0 Å². The summed E-state index contributed by atoms with van der Waals surface area (Å²) in [5, 5.41) is 0. The number of alkyl halides is 5. The van der Waals surface area contributed by atoms with Gasteiger partial charge in [0, 0.05) is 11.8 Å². The van der Waals surface area contributed by atoms with Crippen LogP contribution in [0.1, 0.15) is 16.7 Å². The van der Waals surface area contributed by atoms with E-state index in [1.165, 1.54) is 0 Å². The fourth-order valence-electron chi connectivity index (χ4n) is 1.08. The van der Waals surface area contributed by atoms with E-state index in [0.29, 0.717) is 11.1 Å². The lowest BCUT2D eigenvalue weighted by molar-refractivity contribution is -0.137. The summed E-state index contributed by atoms with van der Waals surface area (Å²) in [6.07, 6.45) is -4.34. The zero-order valence-electron chi connectivity index (χ0n) is 7.04. The van der Waals surface area contributed by atoms with Gasteiger partial charge < -0.3 is 0 Å². The van der Waals surface area contributed by atoms with Crippen LogP contribution in [0.4, 0.5) is 13.2 Å². The monoisotopic (exact) mass is 242 g/mol. The Bertz CT molecular complexity index is 298. The second kappa shape index (κ2) is 4.41. The van der Waals surface area contributed by atoms with Crippen LogP contribution in [0.2, 0.25) is 0 Å². The second-order valence-corrected chi connectivity index (χ2v) is 3.34. The second-order valence-electron chi connectivity index (χ2n) is 2.80. The van der Waals surface area contributed by atoms with Crippen molar-refractivity contribution in [1.29, 1.82) is 0 Å². The Hall–Kier alpha value is -0.410. The average molecular weight is 243 g/mol. The van der Waals surface area contributed by atoms with Gasteiger partial charge in [0.15, 0.2) is 0 Å². The molecule has 0 spiro atoms. The fourth-order valence-corrected chi connectivity index (χ4v) is 1.39. The van der Waals surface area contributed by atoms with Gasteiger partial charge in [-0.25, -0.2) is 0 Å². The highest BCUT2D eigenvalue weighted by Gasteiger charge is 2.30. The molecule has 0 atom stereocenters. The highest BCUT2D eigenvalue weighted by atomic mass is 35.5. The summed E-state index contributed by atoms with van der Waals surface area (Å²) in [4.78, 5) is 0. The third kappa shape index (κ3) is 2.79. The molecule has 0 saturated carbocycles. The van der Waals surface area contributed by atoms with E-state index in [0.717, 1.165) is 12.1 Å². The van der Waals surface area contributed by atoms with Crippen molar-refractivity contribution in [3.63, 3.8) is 0 Å². The van der Waals surface area contributed by atoms with Crippen molar-refractivity contribution in [2.45, 2.75) is 17.9 Å². The summed E-state index contributed by atoms with van der Waals surface area (Å²) in [6.45, 7) is 0. The normalized spacial score (nSPS) is 11.8. The average Bonchev–Trinajstić information content (AvgIpc) is 2.15. The molecule has 0 bridgehead atoms. The molecule has 0 aliphatic heterocycles. The van der Waals surface area contributed by atoms with Crippen molar-refractivity contribution in [3.05, 3.63) is 34.9 Å². The first-order valence-corrected chi connectivity index (χ1v) is 4.86. The molecule has 1 rings (SSSR count). The third-order valence-corrected chi connectivity index (χ3v) is 2.31. The van der Waals surface area contributed by atoms with Crippen molar-refractivity contribution >= 4 is 23.2 Å². The van der Waals surface area contributed by atoms with Crippen molar-refractivity contribution in [2.24, 2.45) is 0 Å². The molecule has 0 aromatic heterocycles. The van der Waals surface area contributed by atoms with Crippen LogP contribution in [-0.4, -0.2) is 0 Å². The van der Waals surface area contributed by atoms with Crippen LogP contribution in [0, 0.1) is 0 Å². The summed E-state index contributed by atoms with van der Waals surface area (Å²) in [5.41, 5.74) is 0.153. The standard InChI is InChI=1S/C9H7Cl2F3/c10-4-6-1-7(5-11)3-8(2-6)9(12,13)14/h1-3H,4-5H2. The number of halogens is 5. The van der Waals surface area contributed by atoms with Crippen molar-refractivity contribution in [2.75, 3.05) is 0 Å². The quantitative estimate of drug-likeness (QED) is 0.683. The molecule has 0 radical (unpaired) electrons. The van der Waals surface area contributed by atoms with Gasteiger partial charge in [-0.3, -0.25) is 0 Å². The zero-order chi connectivity index (χ0) is 10.8. The van der Waals surface area contributed by atoms with Gasteiger partial charge in [0.2, 0.25) is 0 Å². The highest BCUT2D eigenvalue weighted by molar-refractivity contribution is 6.17. The van der Waals surface area contributed by atoms with Crippen molar-refractivity contribution < 1.29 is 13.2 Å². The summed E-state index contributed by atoms with van der Waals surface area (Å²) in [6, 6.07) is 3.63. The number of benzene rings is 1. The van der Waals surface area contributed by atoms with Gasteiger partial charge in [-0.05, 0) is 23.3 Å².